The molecule has 0 saturated heterocycles. The number of amides is 1. The van der Waals surface area contributed by atoms with Gasteiger partial charge in [0.15, 0.2) is 0 Å². The standard InChI is InChI=1S/C18H21ClN2O3S/c1-14-3-5-15(6-4-14)13-18(22)20-11-12-21(25(2,23)24)17-9-7-16(19)8-10-17/h3-10H,11-13H2,1-2H3,(H,20,22). The van der Waals surface area contributed by atoms with E-state index >= 15 is 0 Å². The van der Waals surface area contributed by atoms with Crippen molar-refractivity contribution in [1.82, 2.24) is 5.32 Å². The highest BCUT2D eigenvalue weighted by atomic mass is 35.5. The van der Waals surface area contributed by atoms with Crippen LogP contribution in [0.4, 0.5) is 5.69 Å². The zero-order valence-corrected chi connectivity index (χ0v) is 15.8. The summed E-state index contributed by atoms with van der Waals surface area (Å²) in [6.07, 6.45) is 1.40. The number of benzene rings is 2. The van der Waals surface area contributed by atoms with E-state index in [1.807, 2.05) is 31.2 Å². The second-order valence-corrected chi connectivity index (χ2v) is 8.17. The maximum absolute atomic E-state index is 12.0. The van der Waals surface area contributed by atoms with Gasteiger partial charge in [0.1, 0.15) is 0 Å². The number of carbonyl (C=O) groups is 1. The number of aryl methyl sites for hydroxylation is 1. The van der Waals surface area contributed by atoms with E-state index in [1.165, 1.54) is 4.31 Å². The summed E-state index contributed by atoms with van der Waals surface area (Å²) in [5.74, 6) is -0.145. The van der Waals surface area contributed by atoms with Crippen molar-refractivity contribution in [3.05, 3.63) is 64.7 Å². The van der Waals surface area contributed by atoms with E-state index in [0.717, 1.165) is 17.4 Å². The van der Waals surface area contributed by atoms with Gasteiger partial charge in [-0.05, 0) is 36.8 Å². The number of carbonyl (C=O) groups excluding carboxylic acids is 1. The lowest BCUT2D eigenvalue weighted by Crippen LogP contribution is -2.38. The van der Waals surface area contributed by atoms with Crippen LogP contribution in [0, 0.1) is 6.92 Å². The van der Waals surface area contributed by atoms with Crippen molar-refractivity contribution in [3.63, 3.8) is 0 Å². The van der Waals surface area contributed by atoms with Crippen LogP contribution in [0.5, 0.6) is 0 Å². The van der Waals surface area contributed by atoms with Gasteiger partial charge in [0.05, 0.1) is 24.9 Å². The number of sulfonamides is 1. The molecule has 25 heavy (non-hydrogen) atoms. The van der Waals surface area contributed by atoms with Crippen molar-refractivity contribution < 1.29 is 13.2 Å². The molecule has 1 amide bonds. The number of halogens is 1. The van der Waals surface area contributed by atoms with Gasteiger partial charge in [-0.3, -0.25) is 9.10 Å². The van der Waals surface area contributed by atoms with Gasteiger partial charge >= 0.3 is 0 Å². The highest BCUT2D eigenvalue weighted by molar-refractivity contribution is 7.92. The monoisotopic (exact) mass is 380 g/mol. The Morgan fingerprint density at radius 1 is 1.08 bits per heavy atom. The summed E-state index contributed by atoms with van der Waals surface area (Å²) in [5.41, 5.74) is 2.57. The lowest BCUT2D eigenvalue weighted by molar-refractivity contribution is -0.120. The Kier molecular flexibility index (Phi) is 6.45. The first-order chi connectivity index (χ1) is 11.8. The molecule has 7 heteroatoms. The minimum atomic E-state index is -3.45. The van der Waals surface area contributed by atoms with Crippen LogP contribution < -0.4 is 9.62 Å². The molecule has 0 spiro atoms. The Morgan fingerprint density at radius 2 is 1.68 bits per heavy atom. The number of nitrogens with one attached hydrogen (secondary N) is 1. The molecule has 134 valence electrons. The smallest absolute Gasteiger partial charge is 0.232 e. The highest BCUT2D eigenvalue weighted by Crippen LogP contribution is 2.19. The van der Waals surface area contributed by atoms with Crippen LogP contribution in [-0.4, -0.2) is 33.7 Å². The van der Waals surface area contributed by atoms with Crippen molar-refractivity contribution in [2.75, 3.05) is 23.7 Å². The minimum Gasteiger partial charge on any atom is -0.354 e. The summed E-state index contributed by atoms with van der Waals surface area (Å²) in [5, 5.41) is 3.29. The normalized spacial score (nSPS) is 11.2. The van der Waals surface area contributed by atoms with Crippen LogP contribution in [0.2, 0.25) is 5.02 Å². The lowest BCUT2D eigenvalue weighted by Gasteiger charge is -2.22. The molecule has 2 aromatic rings. The maximum Gasteiger partial charge on any atom is 0.232 e. The summed E-state index contributed by atoms with van der Waals surface area (Å²) in [6.45, 7) is 2.36. The van der Waals surface area contributed by atoms with Gasteiger partial charge in [-0.1, -0.05) is 41.4 Å². The second-order valence-electron chi connectivity index (χ2n) is 5.82. The largest absolute Gasteiger partial charge is 0.354 e. The zero-order chi connectivity index (χ0) is 18.4. The van der Waals surface area contributed by atoms with Crippen molar-refractivity contribution in [3.8, 4) is 0 Å². The van der Waals surface area contributed by atoms with E-state index in [-0.39, 0.29) is 25.4 Å². The molecule has 0 radical (unpaired) electrons. The molecule has 0 heterocycles. The number of rotatable bonds is 7. The summed E-state index contributed by atoms with van der Waals surface area (Å²) >= 11 is 5.84. The molecular formula is C18H21ClN2O3S. The third-order valence-corrected chi connectivity index (χ3v) is 5.08. The van der Waals surface area contributed by atoms with E-state index < -0.39 is 10.0 Å². The van der Waals surface area contributed by atoms with E-state index in [1.54, 1.807) is 24.3 Å². The molecule has 2 rings (SSSR count). The molecule has 5 nitrogen and oxygen atoms in total. The average Bonchev–Trinajstić information content (AvgIpc) is 2.54. The SMILES string of the molecule is Cc1ccc(CC(=O)NCCN(c2ccc(Cl)cc2)S(C)(=O)=O)cc1. The van der Waals surface area contributed by atoms with E-state index in [4.69, 9.17) is 11.6 Å². The Morgan fingerprint density at radius 3 is 2.24 bits per heavy atom. The molecule has 0 aliphatic rings. The molecular weight excluding hydrogens is 360 g/mol. The van der Waals surface area contributed by atoms with Crippen molar-refractivity contribution in [2.24, 2.45) is 0 Å². The molecule has 1 N–H and O–H groups in total. The van der Waals surface area contributed by atoms with Gasteiger partial charge in [-0.25, -0.2) is 8.42 Å². The molecule has 0 unspecified atom stereocenters. The third-order valence-electron chi connectivity index (χ3n) is 3.64. The number of hydrogen-bond donors (Lipinski definition) is 1. The first-order valence-electron chi connectivity index (χ1n) is 7.81. The summed E-state index contributed by atoms with van der Waals surface area (Å²) in [4.78, 5) is 12.0. The summed E-state index contributed by atoms with van der Waals surface area (Å²) < 4.78 is 25.2. The zero-order valence-electron chi connectivity index (χ0n) is 14.2. The first-order valence-corrected chi connectivity index (χ1v) is 10.0. The third kappa shape index (κ3) is 6.07. The predicted octanol–water partition coefficient (Wildman–Crippen LogP) is 2.77. The number of hydrogen-bond acceptors (Lipinski definition) is 3. The fourth-order valence-electron chi connectivity index (χ4n) is 2.34. The Bertz CT molecular complexity index is 818. The van der Waals surface area contributed by atoms with Gasteiger partial charge < -0.3 is 5.32 Å². The van der Waals surface area contributed by atoms with Crippen LogP contribution in [0.3, 0.4) is 0 Å². The van der Waals surface area contributed by atoms with E-state index in [2.05, 4.69) is 5.32 Å². The van der Waals surface area contributed by atoms with Gasteiger partial charge in [0, 0.05) is 11.6 Å². The molecule has 2 aromatic carbocycles. The minimum absolute atomic E-state index is 0.145. The summed E-state index contributed by atoms with van der Waals surface area (Å²) in [7, 11) is -3.45. The van der Waals surface area contributed by atoms with Gasteiger partial charge in [0.2, 0.25) is 15.9 Å². The maximum atomic E-state index is 12.0. The number of anilines is 1. The first kappa shape index (κ1) is 19.3. The van der Waals surface area contributed by atoms with Crippen LogP contribution in [0.1, 0.15) is 11.1 Å². The van der Waals surface area contributed by atoms with E-state index in [0.29, 0.717) is 10.7 Å². The van der Waals surface area contributed by atoms with Gasteiger partial charge in [0.25, 0.3) is 0 Å². The lowest BCUT2D eigenvalue weighted by atomic mass is 10.1. The van der Waals surface area contributed by atoms with E-state index in [9.17, 15) is 13.2 Å². The highest BCUT2D eigenvalue weighted by Gasteiger charge is 2.17. The van der Waals surface area contributed by atoms with Crippen LogP contribution in [0.25, 0.3) is 0 Å². The predicted molar refractivity (Wildman–Crippen MR) is 102 cm³/mol. The molecule has 0 saturated carbocycles. The second kappa shape index (κ2) is 8.36. The van der Waals surface area contributed by atoms with Crippen LogP contribution in [-0.2, 0) is 21.2 Å². The van der Waals surface area contributed by atoms with Gasteiger partial charge in [-0.15, -0.1) is 0 Å². The van der Waals surface area contributed by atoms with Crippen LogP contribution in [0.15, 0.2) is 48.5 Å². The fraction of sp³-hybridized carbons (Fsp3) is 0.278. The topological polar surface area (TPSA) is 66.5 Å². The fourth-order valence-corrected chi connectivity index (χ4v) is 3.40. The Labute approximate surface area is 153 Å². The Balaban J connectivity index is 1.93. The van der Waals surface area contributed by atoms with Gasteiger partial charge in [-0.2, -0.15) is 0 Å². The summed E-state index contributed by atoms with van der Waals surface area (Å²) in [6, 6.07) is 14.3. The van der Waals surface area contributed by atoms with Crippen LogP contribution >= 0.6 is 11.6 Å². The molecule has 0 aromatic heterocycles. The Hall–Kier alpha value is -2.05. The quantitative estimate of drug-likeness (QED) is 0.803. The van der Waals surface area contributed by atoms with Crippen molar-refractivity contribution in [2.45, 2.75) is 13.3 Å². The molecule has 0 fully saturated rings. The molecule has 0 aliphatic carbocycles. The molecule has 0 bridgehead atoms. The average molecular weight is 381 g/mol. The van der Waals surface area contributed by atoms with Crippen molar-refractivity contribution in [1.29, 1.82) is 0 Å². The molecule has 0 atom stereocenters. The number of nitrogens with zero attached hydrogens (tertiary/aromatic N) is 1. The molecule has 0 aliphatic heterocycles. The van der Waals surface area contributed by atoms with Crippen molar-refractivity contribution >= 4 is 33.2 Å².